The zero-order valence-corrected chi connectivity index (χ0v) is 18.1. The van der Waals surface area contributed by atoms with Crippen LogP contribution in [0.4, 0.5) is 5.69 Å². The van der Waals surface area contributed by atoms with Crippen LogP contribution in [-0.2, 0) is 4.79 Å². The Hall–Kier alpha value is -3.27. The number of hydrogen-bond acceptors (Lipinski definition) is 3. The summed E-state index contributed by atoms with van der Waals surface area (Å²) in [5.41, 5.74) is 3.49. The maximum atomic E-state index is 13.3. The van der Waals surface area contributed by atoms with E-state index in [0.29, 0.717) is 13.0 Å². The molecule has 1 heterocycles. The minimum atomic E-state index is 0.0756. The number of carbonyl (C=O) groups is 1. The van der Waals surface area contributed by atoms with Crippen molar-refractivity contribution in [1.29, 1.82) is 0 Å². The second-order valence-electron chi connectivity index (χ2n) is 7.85. The van der Waals surface area contributed by atoms with E-state index in [-0.39, 0.29) is 11.8 Å². The third-order valence-corrected chi connectivity index (χ3v) is 5.92. The highest BCUT2D eigenvalue weighted by Crippen LogP contribution is 2.31. The number of ether oxygens (including phenoxy) is 1. The maximum Gasteiger partial charge on any atom is 0.223 e. The zero-order valence-electron chi connectivity index (χ0n) is 18.1. The molecule has 0 spiro atoms. The smallest absolute Gasteiger partial charge is 0.223 e. The van der Waals surface area contributed by atoms with E-state index >= 15 is 0 Å². The highest BCUT2D eigenvalue weighted by Gasteiger charge is 2.26. The molecule has 4 rings (SSSR count). The van der Waals surface area contributed by atoms with Gasteiger partial charge in [-0.15, -0.1) is 0 Å². The average molecular weight is 415 g/mol. The number of nitrogens with zero attached hydrogens (tertiary/aromatic N) is 2. The van der Waals surface area contributed by atoms with Crippen LogP contribution in [0.2, 0.25) is 0 Å². The van der Waals surface area contributed by atoms with Crippen LogP contribution in [0.3, 0.4) is 0 Å². The summed E-state index contributed by atoms with van der Waals surface area (Å²) in [5, 5.41) is 0. The van der Waals surface area contributed by atoms with Gasteiger partial charge >= 0.3 is 0 Å². The number of carbonyl (C=O) groups excluding carboxylic acids is 1. The van der Waals surface area contributed by atoms with Crippen LogP contribution in [0.15, 0.2) is 84.9 Å². The quantitative estimate of drug-likeness (QED) is 0.548. The molecule has 4 nitrogen and oxygen atoms in total. The van der Waals surface area contributed by atoms with E-state index < -0.39 is 0 Å². The Kier molecular flexibility index (Phi) is 6.88. The minimum Gasteiger partial charge on any atom is -0.492 e. The fourth-order valence-electron chi connectivity index (χ4n) is 4.30. The summed E-state index contributed by atoms with van der Waals surface area (Å²) >= 11 is 0. The van der Waals surface area contributed by atoms with Gasteiger partial charge in [0.15, 0.2) is 0 Å². The molecule has 0 bridgehead atoms. The molecular weight excluding hydrogens is 384 g/mol. The van der Waals surface area contributed by atoms with E-state index in [1.54, 1.807) is 0 Å². The molecule has 0 atom stereocenters. The van der Waals surface area contributed by atoms with Gasteiger partial charge in [-0.25, -0.2) is 0 Å². The molecule has 0 saturated carbocycles. The third-order valence-electron chi connectivity index (χ3n) is 5.92. The number of rotatable bonds is 7. The van der Waals surface area contributed by atoms with Gasteiger partial charge in [0.25, 0.3) is 0 Å². The summed E-state index contributed by atoms with van der Waals surface area (Å²) in [6.07, 6.45) is 0.490. The van der Waals surface area contributed by atoms with Crippen molar-refractivity contribution in [3.8, 4) is 5.75 Å². The van der Waals surface area contributed by atoms with Crippen molar-refractivity contribution in [2.75, 3.05) is 37.7 Å². The third kappa shape index (κ3) is 5.08. The highest BCUT2D eigenvalue weighted by atomic mass is 16.5. The Morgan fingerprint density at radius 1 is 0.806 bits per heavy atom. The molecule has 31 heavy (non-hydrogen) atoms. The predicted molar refractivity (Wildman–Crippen MR) is 126 cm³/mol. The summed E-state index contributed by atoms with van der Waals surface area (Å²) in [7, 11) is 0. The number of para-hydroxylation sites is 2. The Morgan fingerprint density at radius 2 is 1.35 bits per heavy atom. The minimum absolute atomic E-state index is 0.0756. The van der Waals surface area contributed by atoms with Crippen LogP contribution in [0.5, 0.6) is 5.75 Å². The van der Waals surface area contributed by atoms with Crippen molar-refractivity contribution < 1.29 is 9.53 Å². The van der Waals surface area contributed by atoms with E-state index in [1.807, 2.05) is 66.4 Å². The molecule has 1 fully saturated rings. The first kappa shape index (κ1) is 21.0. The van der Waals surface area contributed by atoms with Gasteiger partial charge in [0.1, 0.15) is 5.75 Å². The van der Waals surface area contributed by atoms with Crippen molar-refractivity contribution in [2.45, 2.75) is 19.3 Å². The standard InChI is InChI=1S/C27H30N2O2/c1-2-31-26-16-10-9-15-25(26)28-17-19-29(20-18-28)27(30)21-24(22-11-5-3-6-12-22)23-13-7-4-8-14-23/h3-16,24H,2,17-21H2,1H3. The van der Waals surface area contributed by atoms with Crippen molar-refractivity contribution >= 4 is 11.6 Å². The zero-order chi connectivity index (χ0) is 21.5. The van der Waals surface area contributed by atoms with E-state index in [1.165, 1.54) is 11.1 Å². The topological polar surface area (TPSA) is 32.8 Å². The van der Waals surface area contributed by atoms with Crippen LogP contribution in [0.25, 0.3) is 0 Å². The lowest BCUT2D eigenvalue weighted by Gasteiger charge is -2.37. The van der Waals surface area contributed by atoms with Crippen LogP contribution in [0, 0.1) is 0 Å². The van der Waals surface area contributed by atoms with E-state index in [9.17, 15) is 4.79 Å². The summed E-state index contributed by atoms with van der Waals surface area (Å²) in [6.45, 7) is 5.75. The predicted octanol–water partition coefficient (Wildman–Crippen LogP) is 4.96. The summed E-state index contributed by atoms with van der Waals surface area (Å²) in [4.78, 5) is 17.6. The molecule has 1 aliphatic heterocycles. The van der Waals surface area contributed by atoms with Gasteiger partial charge in [-0.05, 0) is 30.2 Å². The van der Waals surface area contributed by atoms with Gasteiger partial charge in [0.2, 0.25) is 5.91 Å². The van der Waals surface area contributed by atoms with Gasteiger partial charge in [0, 0.05) is 38.5 Å². The fraction of sp³-hybridized carbons (Fsp3) is 0.296. The largest absolute Gasteiger partial charge is 0.492 e. The van der Waals surface area contributed by atoms with E-state index in [2.05, 4.69) is 35.2 Å². The molecule has 3 aromatic rings. The summed E-state index contributed by atoms with van der Waals surface area (Å²) < 4.78 is 5.79. The van der Waals surface area contributed by atoms with Crippen molar-refractivity contribution in [2.24, 2.45) is 0 Å². The Bertz CT molecular complexity index is 927. The first-order chi connectivity index (χ1) is 15.3. The Balaban J connectivity index is 1.43. The first-order valence-corrected chi connectivity index (χ1v) is 11.1. The van der Waals surface area contributed by atoms with Crippen LogP contribution in [-0.4, -0.2) is 43.6 Å². The molecule has 1 saturated heterocycles. The normalized spacial score (nSPS) is 14.0. The number of anilines is 1. The van der Waals surface area contributed by atoms with Crippen LogP contribution in [0.1, 0.15) is 30.4 Å². The number of piperazine rings is 1. The molecule has 0 aromatic heterocycles. The summed E-state index contributed by atoms with van der Waals surface area (Å²) in [6, 6.07) is 28.9. The molecule has 0 aliphatic carbocycles. The monoisotopic (exact) mass is 414 g/mol. The van der Waals surface area contributed by atoms with Crippen LogP contribution < -0.4 is 9.64 Å². The van der Waals surface area contributed by atoms with Crippen molar-refractivity contribution in [1.82, 2.24) is 4.90 Å². The lowest BCUT2D eigenvalue weighted by Crippen LogP contribution is -2.49. The Morgan fingerprint density at radius 3 is 1.94 bits per heavy atom. The van der Waals surface area contributed by atoms with Crippen molar-refractivity contribution in [3.63, 3.8) is 0 Å². The van der Waals surface area contributed by atoms with E-state index in [4.69, 9.17) is 4.74 Å². The number of hydrogen-bond donors (Lipinski definition) is 0. The van der Waals surface area contributed by atoms with Gasteiger partial charge in [-0.3, -0.25) is 4.79 Å². The van der Waals surface area contributed by atoms with Crippen molar-refractivity contribution in [3.05, 3.63) is 96.1 Å². The molecule has 160 valence electrons. The second kappa shape index (κ2) is 10.2. The van der Waals surface area contributed by atoms with Crippen LogP contribution >= 0.6 is 0 Å². The molecule has 3 aromatic carbocycles. The van der Waals surface area contributed by atoms with Gasteiger partial charge < -0.3 is 14.5 Å². The van der Waals surface area contributed by atoms with E-state index in [0.717, 1.165) is 37.6 Å². The average Bonchev–Trinajstić information content (AvgIpc) is 2.84. The molecule has 0 unspecified atom stereocenters. The molecule has 0 radical (unpaired) electrons. The Labute approximate surface area is 185 Å². The molecule has 4 heteroatoms. The molecular formula is C27H30N2O2. The first-order valence-electron chi connectivity index (χ1n) is 11.1. The van der Waals surface area contributed by atoms with Gasteiger partial charge in [-0.2, -0.15) is 0 Å². The number of benzene rings is 3. The fourth-order valence-corrected chi connectivity index (χ4v) is 4.30. The second-order valence-corrected chi connectivity index (χ2v) is 7.85. The number of amides is 1. The van der Waals surface area contributed by atoms with Gasteiger partial charge in [-0.1, -0.05) is 72.8 Å². The highest BCUT2D eigenvalue weighted by molar-refractivity contribution is 5.78. The lowest BCUT2D eigenvalue weighted by atomic mass is 9.88. The molecule has 1 aliphatic rings. The van der Waals surface area contributed by atoms with Gasteiger partial charge in [0.05, 0.1) is 12.3 Å². The SMILES string of the molecule is CCOc1ccccc1N1CCN(C(=O)CC(c2ccccc2)c2ccccc2)CC1. The molecule has 1 amide bonds. The lowest BCUT2D eigenvalue weighted by molar-refractivity contribution is -0.131. The molecule has 0 N–H and O–H groups in total. The summed E-state index contributed by atoms with van der Waals surface area (Å²) in [5.74, 6) is 1.21. The maximum absolute atomic E-state index is 13.3.